The number of carbonyl (C=O) groups is 1. The number of ether oxygens (including phenoxy) is 1. The summed E-state index contributed by atoms with van der Waals surface area (Å²) in [7, 11) is 0. The van der Waals surface area contributed by atoms with E-state index < -0.39 is 58.2 Å². The van der Waals surface area contributed by atoms with Crippen LogP contribution in [0.4, 0.5) is 33.7 Å². The van der Waals surface area contributed by atoms with Crippen LogP contribution in [-0.4, -0.2) is 21.9 Å². The standard InChI is InChI=1S/C12H14ClF2NO3.C7H6ClF2NO/c1-12(2,3)19-11(18)16-7-4-6(5-17)9(14)8(13)10(7)15;8-5-6(9)3(2-12)1-4(11)7(5)10/h4,17H,5H2,1-3H3,(H,16,18);1,12H,2,11H2. The van der Waals surface area contributed by atoms with E-state index in [4.69, 9.17) is 43.9 Å². The fourth-order valence-electron chi connectivity index (χ4n) is 2.07. The predicted octanol–water partition coefficient (Wildman–Crippen LogP) is 5.15. The maximum atomic E-state index is 13.6. The first-order valence-electron chi connectivity index (χ1n) is 8.53. The molecule has 0 radical (unpaired) electrons. The first kappa shape index (κ1) is 26.8. The van der Waals surface area contributed by atoms with E-state index in [0.717, 1.165) is 12.1 Å². The van der Waals surface area contributed by atoms with Crippen LogP contribution in [0.1, 0.15) is 31.9 Å². The van der Waals surface area contributed by atoms with Crippen LogP contribution in [0.2, 0.25) is 10.0 Å². The minimum atomic E-state index is -1.12. The summed E-state index contributed by atoms with van der Waals surface area (Å²) in [5, 5.41) is 18.1. The largest absolute Gasteiger partial charge is 0.444 e. The van der Waals surface area contributed by atoms with Gasteiger partial charge in [-0.05, 0) is 32.9 Å². The van der Waals surface area contributed by atoms with Crippen molar-refractivity contribution in [2.75, 3.05) is 11.1 Å². The van der Waals surface area contributed by atoms with Gasteiger partial charge in [-0.1, -0.05) is 23.2 Å². The normalized spacial score (nSPS) is 10.9. The average Bonchev–Trinajstić information content (AvgIpc) is 2.68. The summed E-state index contributed by atoms with van der Waals surface area (Å²) in [6, 6.07) is 1.97. The second-order valence-electron chi connectivity index (χ2n) is 7.04. The SMILES string of the molecule is CC(C)(C)OC(=O)Nc1cc(CO)c(F)c(Cl)c1F.Nc1cc(CO)c(F)c(Cl)c1F. The third kappa shape index (κ3) is 7.13. The number of nitrogen functional groups attached to an aromatic ring is 1. The number of nitrogens with two attached hydrogens (primary N) is 1. The lowest BCUT2D eigenvalue weighted by molar-refractivity contribution is 0.0635. The Morgan fingerprint density at radius 3 is 1.87 bits per heavy atom. The minimum Gasteiger partial charge on any atom is -0.444 e. The molecular formula is C19H20Cl2F4N2O4. The molecule has 12 heteroatoms. The summed E-state index contributed by atoms with van der Waals surface area (Å²) >= 11 is 10.7. The summed E-state index contributed by atoms with van der Waals surface area (Å²) in [5.74, 6) is -4.14. The summed E-state index contributed by atoms with van der Waals surface area (Å²) in [4.78, 5) is 11.5. The Morgan fingerprint density at radius 1 is 0.968 bits per heavy atom. The van der Waals surface area contributed by atoms with E-state index in [-0.39, 0.29) is 22.5 Å². The van der Waals surface area contributed by atoms with E-state index in [9.17, 15) is 22.4 Å². The molecule has 0 aromatic heterocycles. The van der Waals surface area contributed by atoms with Crippen molar-refractivity contribution in [3.05, 3.63) is 56.6 Å². The van der Waals surface area contributed by atoms with E-state index in [1.54, 1.807) is 20.8 Å². The van der Waals surface area contributed by atoms with Crippen LogP contribution in [0.3, 0.4) is 0 Å². The maximum absolute atomic E-state index is 13.6. The van der Waals surface area contributed by atoms with Crippen molar-refractivity contribution in [3.8, 4) is 0 Å². The Balaban J connectivity index is 0.000000343. The molecule has 2 aromatic carbocycles. The number of hydrogen-bond donors (Lipinski definition) is 4. The predicted molar refractivity (Wildman–Crippen MR) is 109 cm³/mol. The molecule has 0 saturated carbocycles. The fourth-order valence-corrected chi connectivity index (χ4v) is 2.52. The number of aliphatic hydroxyl groups excluding tert-OH is 2. The molecule has 0 heterocycles. The lowest BCUT2D eigenvalue weighted by atomic mass is 10.2. The van der Waals surface area contributed by atoms with Gasteiger partial charge in [0.25, 0.3) is 0 Å². The summed E-state index contributed by atoms with van der Waals surface area (Å²) in [6.45, 7) is 3.68. The Hall–Kier alpha value is -2.27. The van der Waals surface area contributed by atoms with Crippen LogP contribution in [0.15, 0.2) is 12.1 Å². The number of anilines is 2. The number of halogens is 6. The third-order valence-electron chi connectivity index (χ3n) is 3.45. The van der Waals surface area contributed by atoms with Gasteiger partial charge in [-0.25, -0.2) is 22.4 Å². The molecule has 0 spiro atoms. The molecule has 0 aliphatic heterocycles. The zero-order valence-corrected chi connectivity index (χ0v) is 18.1. The molecule has 0 aliphatic carbocycles. The molecule has 0 fully saturated rings. The monoisotopic (exact) mass is 486 g/mol. The molecule has 31 heavy (non-hydrogen) atoms. The van der Waals surface area contributed by atoms with Crippen molar-refractivity contribution in [2.45, 2.75) is 39.6 Å². The van der Waals surface area contributed by atoms with Crippen LogP contribution in [0, 0.1) is 23.3 Å². The molecule has 5 N–H and O–H groups in total. The molecular weight excluding hydrogens is 467 g/mol. The fraction of sp³-hybridized carbons (Fsp3) is 0.316. The zero-order chi connectivity index (χ0) is 24.1. The van der Waals surface area contributed by atoms with Gasteiger partial charge in [0.15, 0.2) is 11.6 Å². The number of benzene rings is 2. The molecule has 0 saturated heterocycles. The third-order valence-corrected chi connectivity index (χ3v) is 4.11. The number of nitrogens with one attached hydrogen (secondary N) is 1. The molecule has 0 atom stereocenters. The summed E-state index contributed by atoms with van der Waals surface area (Å²) in [6.07, 6.45) is -0.905. The number of rotatable bonds is 3. The van der Waals surface area contributed by atoms with Crippen LogP contribution in [0.5, 0.6) is 0 Å². The molecule has 172 valence electrons. The van der Waals surface area contributed by atoms with Gasteiger partial charge in [0.2, 0.25) is 0 Å². The van der Waals surface area contributed by atoms with Crippen LogP contribution < -0.4 is 11.1 Å². The quantitative estimate of drug-likeness (QED) is 0.272. The van der Waals surface area contributed by atoms with E-state index in [0.29, 0.717) is 0 Å². The first-order valence-corrected chi connectivity index (χ1v) is 9.29. The summed E-state index contributed by atoms with van der Waals surface area (Å²) < 4.78 is 57.5. The Morgan fingerprint density at radius 2 is 1.42 bits per heavy atom. The van der Waals surface area contributed by atoms with E-state index in [1.165, 1.54) is 0 Å². The number of aliphatic hydroxyl groups is 2. The van der Waals surface area contributed by atoms with Crippen molar-refractivity contribution in [3.63, 3.8) is 0 Å². The molecule has 2 aromatic rings. The van der Waals surface area contributed by atoms with Gasteiger partial charge in [0, 0.05) is 11.1 Å². The maximum Gasteiger partial charge on any atom is 0.412 e. The average molecular weight is 487 g/mol. The van der Waals surface area contributed by atoms with Crippen LogP contribution >= 0.6 is 23.2 Å². The topological polar surface area (TPSA) is 105 Å². The number of carbonyl (C=O) groups excluding carboxylic acids is 1. The number of hydrogen-bond acceptors (Lipinski definition) is 5. The number of amides is 1. The second kappa shape index (κ2) is 10.9. The van der Waals surface area contributed by atoms with Crippen molar-refractivity contribution in [1.29, 1.82) is 0 Å². The van der Waals surface area contributed by atoms with Gasteiger partial charge in [-0.15, -0.1) is 0 Å². The Labute approximate surface area is 185 Å². The van der Waals surface area contributed by atoms with Crippen molar-refractivity contribution in [1.82, 2.24) is 0 Å². The van der Waals surface area contributed by atoms with E-state index >= 15 is 0 Å². The highest BCUT2D eigenvalue weighted by Crippen LogP contribution is 2.29. The van der Waals surface area contributed by atoms with Gasteiger partial charge in [-0.3, -0.25) is 5.32 Å². The van der Waals surface area contributed by atoms with Gasteiger partial charge >= 0.3 is 6.09 Å². The van der Waals surface area contributed by atoms with E-state index in [2.05, 4.69) is 5.32 Å². The highest BCUT2D eigenvalue weighted by molar-refractivity contribution is 6.31. The minimum absolute atomic E-state index is 0.112. The highest BCUT2D eigenvalue weighted by atomic mass is 35.5. The second-order valence-corrected chi connectivity index (χ2v) is 7.79. The Kier molecular flexibility index (Phi) is 9.37. The Bertz CT molecular complexity index is 969. The highest BCUT2D eigenvalue weighted by Gasteiger charge is 2.21. The first-order chi connectivity index (χ1) is 14.2. The smallest absolute Gasteiger partial charge is 0.412 e. The lowest BCUT2D eigenvalue weighted by Crippen LogP contribution is -2.27. The summed E-state index contributed by atoms with van der Waals surface area (Å²) in [5.41, 5.74) is 3.40. The molecule has 6 nitrogen and oxygen atoms in total. The molecule has 1 amide bonds. The van der Waals surface area contributed by atoms with Gasteiger partial charge in [0.1, 0.15) is 27.3 Å². The molecule has 0 bridgehead atoms. The lowest BCUT2D eigenvalue weighted by Gasteiger charge is -2.20. The van der Waals surface area contributed by atoms with E-state index in [1.807, 2.05) is 0 Å². The van der Waals surface area contributed by atoms with Crippen LogP contribution in [0.25, 0.3) is 0 Å². The van der Waals surface area contributed by atoms with Gasteiger partial charge < -0.3 is 20.7 Å². The molecule has 2 rings (SSSR count). The van der Waals surface area contributed by atoms with Gasteiger partial charge in [0.05, 0.1) is 24.6 Å². The van der Waals surface area contributed by atoms with Crippen molar-refractivity contribution < 1.29 is 37.3 Å². The van der Waals surface area contributed by atoms with Crippen LogP contribution in [-0.2, 0) is 18.0 Å². The van der Waals surface area contributed by atoms with Crippen molar-refractivity contribution in [2.24, 2.45) is 0 Å². The molecule has 0 unspecified atom stereocenters. The zero-order valence-electron chi connectivity index (χ0n) is 16.6. The molecule has 0 aliphatic rings. The van der Waals surface area contributed by atoms with Gasteiger partial charge in [-0.2, -0.15) is 0 Å². The van der Waals surface area contributed by atoms with Crippen molar-refractivity contribution >= 4 is 40.7 Å².